The SMILES string of the molecule is CC(C)(O)Cc1cccc(OC2=C/C=C\C=C/C=C\2NC(=O)Nc2ccccccccc2)c1. The van der Waals surface area contributed by atoms with E-state index < -0.39 is 11.6 Å². The molecule has 1 aliphatic carbocycles. The molecular formula is C29H30N2O3. The molecule has 0 bridgehead atoms. The molecule has 0 saturated carbocycles. The van der Waals surface area contributed by atoms with Gasteiger partial charge in [-0.25, -0.2) is 4.79 Å². The normalized spacial score (nSPS) is 17.9. The van der Waals surface area contributed by atoms with Crippen molar-refractivity contribution in [2.24, 2.45) is 0 Å². The Morgan fingerprint density at radius 2 is 1.47 bits per heavy atom. The predicted molar refractivity (Wildman–Crippen MR) is 138 cm³/mol. The van der Waals surface area contributed by atoms with Crippen LogP contribution < -0.4 is 15.4 Å². The van der Waals surface area contributed by atoms with Crippen LogP contribution in [0.25, 0.3) is 0 Å². The van der Waals surface area contributed by atoms with Crippen molar-refractivity contribution in [2.45, 2.75) is 25.9 Å². The van der Waals surface area contributed by atoms with Gasteiger partial charge in [-0.05, 0) is 55.8 Å². The number of amides is 2. The molecule has 0 atom stereocenters. The number of carbonyl (C=O) groups excluding carboxylic acids is 1. The number of benzene rings is 1. The summed E-state index contributed by atoms with van der Waals surface area (Å²) in [5.41, 5.74) is 1.28. The molecule has 1 aliphatic rings. The summed E-state index contributed by atoms with van der Waals surface area (Å²) >= 11 is 0. The highest BCUT2D eigenvalue weighted by molar-refractivity contribution is 5.90. The van der Waals surface area contributed by atoms with E-state index in [1.54, 1.807) is 26.0 Å². The van der Waals surface area contributed by atoms with Crippen LogP contribution in [0.15, 0.2) is 127 Å². The zero-order valence-corrected chi connectivity index (χ0v) is 19.4. The molecule has 0 spiro atoms. The standard InChI is InChI=1S/C29H30N2O3/c1-29(2,33)22-23-15-14-18-25(21-23)34-27-20-13-9-8-12-19-26(27)31-28(32)30-24-16-10-6-4-3-5-7-11-17-24/h3-21,33H,22H2,1-2H3,(H2,30,31,32)/b4-3?,5-3?,6-4?,7-5?,9-8?,10-6?,11-7?,12-8-,13-9-,16-10?,17-11?,19-12?,20-13?,24-16?,24-17?,26-19+,27-20+,27-26?. The fourth-order valence-corrected chi connectivity index (χ4v) is 3.20. The summed E-state index contributed by atoms with van der Waals surface area (Å²) < 4.78 is 6.14. The molecular weight excluding hydrogens is 424 g/mol. The van der Waals surface area contributed by atoms with E-state index in [-0.39, 0.29) is 0 Å². The predicted octanol–water partition coefficient (Wildman–Crippen LogP) is 6.22. The van der Waals surface area contributed by atoms with Crippen LogP contribution in [0, 0.1) is 0 Å². The van der Waals surface area contributed by atoms with Crippen molar-refractivity contribution in [3.8, 4) is 5.75 Å². The number of rotatable bonds is 6. The van der Waals surface area contributed by atoms with Crippen LogP contribution in [0.5, 0.6) is 5.75 Å². The molecule has 0 aromatic heterocycles. The first-order chi connectivity index (χ1) is 16.4. The van der Waals surface area contributed by atoms with E-state index in [2.05, 4.69) is 10.6 Å². The highest BCUT2D eigenvalue weighted by atomic mass is 16.5. The lowest BCUT2D eigenvalue weighted by molar-refractivity contribution is 0.0809. The monoisotopic (exact) mass is 454 g/mol. The van der Waals surface area contributed by atoms with E-state index in [1.807, 2.05) is 103 Å². The minimum Gasteiger partial charge on any atom is -0.455 e. The Labute approximate surface area is 201 Å². The van der Waals surface area contributed by atoms with Gasteiger partial charge in [-0.3, -0.25) is 0 Å². The highest BCUT2D eigenvalue weighted by Gasteiger charge is 2.15. The minimum atomic E-state index is -0.823. The Balaban J connectivity index is 1.77. The van der Waals surface area contributed by atoms with Crippen LogP contribution in [0.1, 0.15) is 19.4 Å². The number of anilines is 1. The first-order valence-corrected chi connectivity index (χ1v) is 11.1. The van der Waals surface area contributed by atoms with E-state index in [1.165, 1.54) is 0 Å². The van der Waals surface area contributed by atoms with Crippen molar-refractivity contribution in [3.63, 3.8) is 0 Å². The van der Waals surface area contributed by atoms with Crippen LogP contribution in [-0.2, 0) is 6.42 Å². The third-order valence-corrected chi connectivity index (χ3v) is 4.60. The molecule has 5 heteroatoms. The first kappa shape index (κ1) is 24.6. The van der Waals surface area contributed by atoms with Crippen LogP contribution in [-0.4, -0.2) is 16.7 Å². The molecule has 2 aromatic rings. The van der Waals surface area contributed by atoms with E-state index in [0.717, 1.165) is 5.56 Å². The maximum atomic E-state index is 12.8. The van der Waals surface area contributed by atoms with Gasteiger partial charge in [0.1, 0.15) is 5.75 Å². The summed E-state index contributed by atoms with van der Waals surface area (Å²) in [7, 11) is 0. The molecule has 2 aromatic carbocycles. The van der Waals surface area contributed by atoms with Crippen molar-refractivity contribution < 1.29 is 14.6 Å². The molecule has 3 rings (SSSR count). The quantitative estimate of drug-likeness (QED) is 0.485. The smallest absolute Gasteiger partial charge is 0.323 e. The zero-order chi connectivity index (χ0) is 24.2. The number of urea groups is 1. The Morgan fingerprint density at radius 3 is 2.15 bits per heavy atom. The first-order valence-electron chi connectivity index (χ1n) is 11.1. The van der Waals surface area contributed by atoms with Crippen molar-refractivity contribution in [1.29, 1.82) is 0 Å². The number of carbonyl (C=O) groups is 1. The van der Waals surface area contributed by atoms with Crippen LogP contribution in [0.2, 0.25) is 0 Å². The Bertz CT molecular complexity index is 1140. The number of allylic oxidation sites excluding steroid dienone is 6. The van der Waals surface area contributed by atoms with Gasteiger partial charge in [-0.2, -0.15) is 0 Å². The fraction of sp³-hybridized carbons (Fsp3) is 0.138. The summed E-state index contributed by atoms with van der Waals surface area (Å²) in [5.74, 6) is 1.10. The van der Waals surface area contributed by atoms with Gasteiger partial charge in [-0.15, -0.1) is 0 Å². The maximum absolute atomic E-state index is 12.8. The summed E-state index contributed by atoms with van der Waals surface area (Å²) in [6, 6.07) is 24.0. The van der Waals surface area contributed by atoms with E-state index in [9.17, 15) is 9.90 Å². The zero-order valence-electron chi connectivity index (χ0n) is 19.4. The molecule has 5 nitrogen and oxygen atoms in total. The molecule has 0 aliphatic heterocycles. The average Bonchev–Trinajstić information content (AvgIpc) is 2.76. The third kappa shape index (κ3) is 8.81. The van der Waals surface area contributed by atoms with Gasteiger partial charge < -0.3 is 20.5 Å². The number of hydrogen-bond donors (Lipinski definition) is 3. The molecule has 0 unspecified atom stereocenters. The van der Waals surface area contributed by atoms with E-state index in [0.29, 0.717) is 29.3 Å². The lowest BCUT2D eigenvalue weighted by Gasteiger charge is -2.18. The average molecular weight is 455 g/mol. The van der Waals surface area contributed by atoms with Gasteiger partial charge in [-0.1, -0.05) is 78.9 Å². The number of ether oxygens (including phenoxy) is 1. The Kier molecular flexibility index (Phi) is 8.83. The number of hydrogen-bond acceptors (Lipinski definition) is 3. The van der Waals surface area contributed by atoms with Crippen molar-refractivity contribution >= 4 is 11.7 Å². The Morgan fingerprint density at radius 1 is 0.824 bits per heavy atom. The summed E-state index contributed by atoms with van der Waals surface area (Å²) in [6.07, 6.45) is 11.5. The maximum Gasteiger partial charge on any atom is 0.323 e. The van der Waals surface area contributed by atoms with Crippen LogP contribution >= 0.6 is 0 Å². The van der Waals surface area contributed by atoms with Crippen molar-refractivity contribution in [3.05, 3.63) is 132 Å². The van der Waals surface area contributed by atoms with Crippen LogP contribution in [0.3, 0.4) is 0 Å². The van der Waals surface area contributed by atoms with Crippen molar-refractivity contribution in [1.82, 2.24) is 5.32 Å². The molecule has 0 heterocycles. The second-order valence-electron chi connectivity index (χ2n) is 8.33. The molecule has 0 saturated heterocycles. The van der Waals surface area contributed by atoms with Crippen molar-refractivity contribution in [2.75, 3.05) is 5.32 Å². The fourth-order valence-electron chi connectivity index (χ4n) is 3.20. The van der Waals surface area contributed by atoms with Gasteiger partial charge in [0.15, 0.2) is 5.76 Å². The summed E-state index contributed by atoms with van der Waals surface area (Å²) in [4.78, 5) is 12.8. The molecule has 2 amide bonds. The third-order valence-electron chi connectivity index (χ3n) is 4.60. The van der Waals surface area contributed by atoms with Gasteiger partial charge in [0.05, 0.1) is 11.3 Å². The number of aliphatic hydroxyl groups is 1. The molecule has 34 heavy (non-hydrogen) atoms. The van der Waals surface area contributed by atoms with E-state index >= 15 is 0 Å². The second kappa shape index (κ2) is 12.2. The molecule has 0 radical (unpaired) electrons. The van der Waals surface area contributed by atoms with Gasteiger partial charge in [0, 0.05) is 12.1 Å². The summed E-state index contributed by atoms with van der Waals surface area (Å²) in [5, 5.41) is 15.9. The topological polar surface area (TPSA) is 70.6 Å². The second-order valence-corrected chi connectivity index (χ2v) is 8.33. The highest BCUT2D eigenvalue weighted by Crippen LogP contribution is 2.22. The molecule has 3 N–H and O–H groups in total. The number of nitrogens with one attached hydrogen (secondary N) is 2. The van der Waals surface area contributed by atoms with Gasteiger partial charge in [0.25, 0.3) is 0 Å². The Hall–Kier alpha value is -4.09. The van der Waals surface area contributed by atoms with Gasteiger partial charge >= 0.3 is 6.03 Å². The largest absolute Gasteiger partial charge is 0.455 e. The minimum absolute atomic E-state index is 0.393. The lowest BCUT2D eigenvalue weighted by Crippen LogP contribution is -2.29. The van der Waals surface area contributed by atoms with E-state index in [4.69, 9.17) is 4.74 Å². The molecule has 174 valence electrons. The van der Waals surface area contributed by atoms with Gasteiger partial charge in [0.2, 0.25) is 0 Å². The van der Waals surface area contributed by atoms with Crippen LogP contribution in [0.4, 0.5) is 10.5 Å². The lowest BCUT2D eigenvalue weighted by atomic mass is 9.99. The molecule has 0 fully saturated rings. The summed E-state index contributed by atoms with van der Waals surface area (Å²) in [6.45, 7) is 3.54.